The molecule has 2 aromatic rings. The number of likely N-dealkylation sites (tertiary alicyclic amines) is 1. The van der Waals surface area contributed by atoms with Crippen molar-refractivity contribution in [3.8, 4) is 5.88 Å². The molecular formula is C17H20ClN3O3. The van der Waals surface area contributed by atoms with E-state index in [2.05, 4.69) is 16.9 Å². The van der Waals surface area contributed by atoms with E-state index < -0.39 is 0 Å². The summed E-state index contributed by atoms with van der Waals surface area (Å²) in [5.74, 6) is 0.759. The summed E-state index contributed by atoms with van der Waals surface area (Å²) in [7, 11) is 1.68. The molecule has 1 atom stereocenters. The average molecular weight is 350 g/mol. The molecular weight excluding hydrogens is 330 g/mol. The van der Waals surface area contributed by atoms with Crippen molar-refractivity contribution in [2.45, 2.75) is 25.9 Å². The van der Waals surface area contributed by atoms with Gasteiger partial charge in [0, 0.05) is 32.3 Å². The van der Waals surface area contributed by atoms with Crippen LogP contribution in [0.1, 0.15) is 25.3 Å². The number of nitrogens with zero attached hydrogens (tertiary/aromatic N) is 3. The van der Waals surface area contributed by atoms with E-state index in [0.29, 0.717) is 30.7 Å². The summed E-state index contributed by atoms with van der Waals surface area (Å²) >= 11 is 6.08. The summed E-state index contributed by atoms with van der Waals surface area (Å²) in [6.45, 7) is 5.39. The molecule has 0 N–H and O–H groups in total. The maximum Gasteiger partial charge on any atom is 0.223 e. The summed E-state index contributed by atoms with van der Waals surface area (Å²) < 4.78 is 11.2. The van der Waals surface area contributed by atoms with E-state index in [-0.39, 0.29) is 17.9 Å². The number of carbonyl (C=O) groups excluding carboxylic acids is 1. The largest absolute Gasteiger partial charge is 0.470 e. The van der Waals surface area contributed by atoms with Gasteiger partial charge in [-0.25, -0.2) is 9.97 Å². The number of amides is 1. The lowest BCUT2D eigenvalue weighted by molar-refractivity contribution is -0.137. The first kappa shape index (κ1) is 16.9. The van der Waals surface area contributed by atoms with Gasteiger partial charge >= 0.3 is 0 Å². The van der Waals surface area contributed by atoms with Crippen LogP contribution in [0.3, 0.4) is 0 Å². The Balaban J connectivity index is 1.90. The minimum Gasteiger partial charge on any atom is -0.470 e. The molecule has 128 valence electrons. The molecule has 0 spiro atoms. The number of hydrogen-bond acceptors (Lipinski definition) is 5. The zero-order valence-corrected chi connectivity index (χ0v) is 14.7. The summed E-state index contributed by atoms with van der Waals surface area (Å²) in [6, 6.07) is 1.83. The van der Waals surface area contributed by atoms with Crippen LogP contribution in [0.2, 0.25) is 5.15 Å². The maximum atomic E-state index is 11.3. The topological polar surface area (TPSA) is 64.6 Å². The van der Waals surface area contributed by atoms with E-state index in [0.717, 1.165) is 16.3 Å². The average Bonchev–Trinajstić information content (AvgIpc) is 2.49. The van der Waals surface area contributed by atoms with E-state index in [4.69, 9.17) is 21.1 Å². The number of hydrogen-bond donors (Lipinski definition) is 0. The van der Waals surface area contributed by atoms with E-state index in [1.54, 1.807) is 31.3 Å². The van der Waals surface area contributed by atoms with Gasteiger partial charge in [-0.05, 0) is 17.0 Å². The van der Waals surface area contributed by atoms with Crippen molar-refractivity contribution in [3.63, 3.8) is 0 Å². The third-order valence-electron chi connectivity index (χ3n) is 4.25. The van der Waals surface area contributed by atoms with Crippen LogP contribution in [0.5, 0.6) is 5.88 Å². The number of pyridine rings is 2. The van der Waals surface area contributed by atoms with Crippen LogP contribution >= 0.6 is 11.6 Å². The van der Waals surface area contributed by atoms with Crippen molar-refractivity contribution in [1.29, 1.82) is 0 Å². The van der Waals surface area contributed by atoms with Gasteiger partial charge in [-0.15, -0.1) is 0 Å². The van der Waals surface area contributed by atoms with Gasteiger partial charge < -0.3 is 14.4 Å². The Labute approximate surface area is 145 Å². The molecule has 7 heteroatoms. The smallest absolute Gasteiger partial charge is 0.223 e. The first-order chi connectivity index (χ1) is 11.5. The number of aromatic nitrogens is 2. The second-order valence-corrected chi connectivity index (χ2v) is 6.48. The Kier molecular flexibility index (Phi) is 4.87. The molecule has 1 amide bonds. The molecule has 6 nitrogen and oxygen atoms in total. The van der Waals surface area contributed by atoms with Crippen LogP contribution < -0.4 is 4.74 Å². The van der Waals surface area contributed by atoms with E-state index in [1.807, 2.05) is 6.07 Å². The predicted molar refractivity (Wildman–Crippen MR) is 91.5 cm³/mol. The van der Waals surface area contributed by atoms with Gasteiger partial charge in [0.25, 0.3) is 0 Å². The van der Waals surface area contributed by atoms with Crippen molar-refractivity contribution < 1.29 is 14.3 Å². The molecule has 3 heterocycles. The van der Waals surface area contributed by atoms with Crippen LogP contribution in [-0.4, -0.2) is 53.7 Å². The normalized spacial score (nSPS) is 16.1. The zero-order valence-electron chi connectivity index (χ0n) is 14.0. The second-order valence-electron chi connectivity index (χ2n) is 6.09. The second kappa shape index (κ2) is 6.91. The molecule has 1 saturated heterocycles. The maximum absolute atomic E-state index is 11.3. The molecule has 0 radical (unpaired) electrons. The van der Waals surface area contributed by atoms with Gasteiger partial charge in [-0.3, -0.25) is 4.79 Å². The molecule has 0 aromatic carbocycles. The summed E-state index contributed by atoms with van der Waals surface area (Å²) in [6.07, 6.45) is 3.45. The SMILES string of the molecule is COC[C@H](C)c1cnc(OC2CN(C(C)=O)C2)c2cnc(Cl)cc12. The molecule has 3 rings (SSSR count). The lowest BCUT2D eigenvalue weighted by atomic mass is 9.98. The van der Waals surface area contributed by atoms with Crippen molar-refractivity contribution in [2.24, 2.45) is 0 Å². The van der Waals surface area contributed by atoms with Crippen LogP contribution in [-0.2, 0) is 9.53 Å². The molecule has 0 saturated carbocycles. The van der Waals surface area contributed by atoms with Crippen molar-refractivity contribution in [1.82, 2.24) is 14.9 Å². The lowest BCUT2D eigenvalue weighted by Crippen LogP contribution is -2.55. The number of ether oxygens (including phenoxy) is 2. The van der Waals surface area contributed by atoms with Gasteiger partial charge in [-0.2, -0.15) is 0 Å². The van der Waals surface area contributed by atoms with E-state index in [9.17, 15) is 4.79 Å². The van der Waals surface area contributed by atoms with Crippen LogP contribution in [0.4, 0.5) is 0 Å². The Morgan fingerprint density at radius 3 is 2.79 bits per heavy atom. The van der Waals surface area contributed by atoms with Crippen LogP contribution in [0, 0.1) is 0 Å². The van der Waals surface area contributed by atoms with Gasteiger partial charge in [0.1, 0.15) is 11.3 Å². The third kappa shape index (κ3) is 3.30. The van der Waals surface area contributed by atoms with E-state index >= 15 is 0 Å². The van der Waals surface area contributed by atoms with Crippen molar-refractivity contribution in [2.75, 3.05) is 26.8 Å². The number of fused-ring (bicyclic) bond motifs is 1. The highest BCUT2D eigenvalue weighted by molar-refractivity contribution is 6.30. The minimum atomic E-state index is -0.0393. The fourth-order valence-corrected chi connectivity index (χ4v) is 3.02. The highest BCUT2D eigenvalue weighted by Crippen LogP contribution is 2.32. The summed E-state index contributed by atoms with van der Waals surface area (Å²) in [4.78, 5) is 21.6. The predicted octanol–water partition coefficient (Wildman–Crippen LogP) is 2.64. The van der Waals surface area contributed by atoms with Gasteiger partial charge in [-0.1, -0.05) is 18.5 Å². The quantitative estimate of drug-likeness (QED) is 0.776. The van der Waals surface area contributed by atoms with Crippen molar-refractivity contribution >= 4 is 28.3 Å². The standard InChI is InChI=1S/C17H20ClN3O3/c1-10(9-23-3)14-5-20-17(15-6-19-16(18)4-13(14)15)24-12-7-21(8-12)11(2)22/h4-6,10,12H,7-9H2,1-3H3/t10-/m0/s1. The zero-order chi connectivity index (χ0) is 17.3. The third-order valence-corrected chi connectivity index (χ3v) is 4.46. The summed E-state index contributed by atoms with van der Waals surface area (Å²) in [5, 5.41) is 2.21. The first-order valence-corrected chi connectivity index (χ1v) is 8.22. The van der Waals surface area contributed by atoms with Crippen molar-refractivity contribution in [3.05, 3.63) is 29.2 Å². The highest BCUT2D eigenvalue weighted by atomic mass is 35.5. The highest BCUT2D eigenvalue weighted by Gasteiger charge is 2.31. The fourth-order valence-electron chi connectivity index (χ4n) is 2.86. The minimum absolute atomic E-state index is 0.0393. The number of methoxy groups -OCH3 is 1. The molecule has 0 aliphatic carbocycles. The van der Waals surface area contributed by atoms with Gasteiger partial charge in [0.15, 0.2) is 0 Å². The fraction of sp³-hybridized carbons (Fsp3) is 0.471. The Morgan fingerprint density at radius 1 is 1.38 bits per heavy atom. The number of halogens is 1. The van der Waals surface area contributed by atoms with E-state index in [1.165, 1.54) is 0 Å². The number of carbonyl (C=O) groups is 1. The molecule has 2 aromatic heterocycles. The molecule has 0 bridgehead atoms. The van der Waals surface area contributed by atoms with Crippen LogP contribution in [0.15, 0.2) is 18.5 Å². The molecule has 24 heavy (non-hydrogen) atoms. The Hall–Kier alpha value is -1.92. The van der Waals surface area contributed by atoms with Gasteiger partial charge in [0.05, 0.1) is 25.1 Å². The molecule has 1 aliphatic rings. The molecule has 0 unspecified atom stereocenters. The Morgan fingerprint density at radius 2 is 2.12 bits per heavy atom. The lowest BCUT2D eigenvalue weighted by Gasteiger charge is -2.38. The monoisotopic (exact) mass is 349 g/mol. The Bertz CT molecular complexity index is 762. The summed E-state index contributed by atoms with van der Waals surface area (Å²) in [5.41, 5.74) is 1.04. The van der Waals surface area contributed by atoms with Crippen LogP contribution in [0.25, 0.3) is 10.8 Å². The van der Waals surface area contributed by atoms with Gasteiger partial charge in [0.2, 0.25) is 11.8 Å². The molecule has 1 fully saturated rings. The number of rotatable bonds is 5. The molecule has 1 aliphatic heterocycles. The first-order valence-electron chi connectivity index (χ1n) is 7.85.